The maximum atomic E-state index is 4.67. The number of hydrogen-bond acceptors (Lipinski definition) is 5. The van der Waals surface area contributed by atoms with Gasteiger partial charge in [0.05, 0.1) is 0 Å². The van der Waals surface area contributed by atoms with Gasteiger partial charge in [-0.1, -0.05) is 10.3 Å². The second-order valence-corrected chi connectivity index (χ2v) is 3.89. The van der Waals surface area contributed by atoms with Crippen LogP contribution in [0.15, 0.2) is 4.63 Å². The summed E-state index contributed by atoms with van der Waals surface area (Å²) in [6, 6.07) is 0.559. The maximum Gasteiger partial charge on any atom is 0.122 e. The molecule has 2 rings (SSSR count). The van der Waals surface area contributed by atoms with Crippen LogP contribution in [-0.2, 0) is 6.54 Å². The van der Waals surface area contributed by atoms with E-state index in [1.54, 1.807) is 0 Å². The highest BCUT2D eigenvalue weighted by molar-refractivity contribution is 5.04. The van der Waals surface area contributed by atoms with E-state index >= 15 is 0 Å². The highest BCUT2D eigenvalue weighted by Crippen LogP contribution is 2.07. The molecule has 0 saturated carbocycles. The topological polar surface area (TPSA) is 54.2 Å². The fourth-order valence-electron chi connectivity index (χ4n) is 1.76. The first-order chi connectivity index (χ1) is 6.75. The van der Waals surface area contributed by atoms with Crippen molar-refractivity contribution in [3.63, 3.8) is 0 Å². The highest BCUT2D eigenvalue weighted by Gasteiger charge is 2.17. The summed E-state index contributed by atoms with van der Waals surface area (Å²) in [6.07, 6.45) is 0. The number of aromatic nitrogens is 2. The molecule has 78 valence electrons. The van der Waals surface area contributed by atoms with Gasteiger partial charge in [-0.05, 0) is 13.8 Å². The van der Waals surface area contributed by atoms with E-state index in [0.717, 1.165) is 37.6 Å². The van der Waals surface area contributed by atoms with Crippen molar-refractivity contribution >= 4 is 0 Å². The van der Waals surface area contributed by atoms with Gasteiger partial charge in [-0.25, -0.2) is 4.63 Å². The lowest BCUT2D eigenvalue weighted by molar-refractivity contribution is 0.193. The lowest BCUT2D eigenvalue weighted by atomic mass is 10.2. The van der Waals surface area contributed by atoms with Crippen LogP contribution in [0.3, 0.4) is 0 Å². The molecule has 1 aliphatic rings. The molecule has 1 aromatic rings. The van der Waals surface area contributed by atoms with Crippen molar-refractivity contribution in [2.75, 3.05) is 19.6 Å². The van der Waals surface area contributed by atoms with Crippen LogP contribution in [0.2, 0.25) is 0 Å². The molecule has 1 unspecified atom stereocenters. The molecule has 2 heterocycles. The van der Waals surface area contributed by atoms with Gasteiger partial charge in [-0.2, -0.15) is 0 Å². The van der Waals surface area contributed by atoms with E-state index in [1.807, 2.05) is 6.92 Å². The Morgan fingerprint density at radius 3 is 3.07 bits per heavy atom. The fourth-order valence-corrected chi connectivity index (χ4v) is 1.76. The SMILES string of the molecule is Cc1nonc1CN1CCNC(C)C1. The van der Waals surface area contributed by atoms with Gasteiger partial charge in [0.25, 0.3) is 0 Å². The molecule has 1 aliphatic heterocycles. The molecule has 0 spiro atoms. The van der Waals surface area contributed by atoms with Crippen LogP contribution in [0.5, 0.6) is 0 Å². The lowest BCUT2D eigenvalue weighted by Gasteiger charge is -2.31. The van der Waals surface area contributed by atoms with E-state index in [4.69, 9.17) is 0 Å². The summed E-state index contributed by atoms with van der Waals surface area (Å²) < 4.78 is 4.67. The highest BCUT2D eigenvalue weighted by atomic mass is 16.6. The average Bonchev–Trinajstić information content (AvgIpc) is 2.52. The van der Waals surface area contributed by atoms with Crippen LogP contribution < -0.4 is 5.32 Å². The first-order valence-electron chi connectivity index (χ1n) is 4.99. The molecule has 1 saturated heterocycles. The van der Waals surface area contributed by atoms with Crippen molar-refractivity contribution in [2.24, 2.45) is 0 Å². The summed E-state index contributed by atoms with van der Waals surface area (Å²) >= 11 is 0. The Kier molecular flexibility index (Phi) is 2.79. The predicted molar refractivity (Wildman–Crippen MR) is 51.8 cm³/mol. The van der Waals surface area contributed by atoms with Crippen LogP contribution in [0.1, 0.15) is 18.3 Å². The third kappa shape index (κ3) is 2.10. The summed E-state index contributed by atoms with van der Waals surface area (Å²) in [5, 5.41) is 11.1. The summed E-state index contributed by atoms with van der Waals surface area (Å²) in [7, 11) is 0. The number of piperazine rings is 1. The normalized spacial score (nSPS) is 24.0. The molecule has 0 aliphatic carbocycles. The minimum atomic E-state index is 0.559. The largest absolute Gasteiger partial charge is 0.312 e. The third-order valence-electron chi connectivity index (χ3n) is 2.57. The standard InChI is InChI=1S/C9H16N4O/c1-7-5-13(4-3-10-7)6-9-8(2)11-14-12-9/h7,10H,3-6H2,1-2H3. The summed E-state index contributed by atoms with van der Waals surface area (Å²) in [6.45, 7) is 8.15. The first-order valence-corrected chi connectivity index (χ1v) is 4.99. The Bertz CT molecular complexity index is 299. The second kappa shape index (κ2) is 4.06. The Labute approximate surface area is 83.4 Å². The number of nitrogens with one attached hydrogen (secondary N) is 1. The Balaban J connectivity index is 1.94. The molecular formula is C9H16N4O. The van der Waals surface area contributed by atoms with E-state index in [2.05, 4.69) is 32.1 Å². The zero-order chi connectivity index (χ0) is 9.97. The molecule has 5 nitrogen and oxygen atoms in total. The van der Waals surface area contributed by atoms with E-state index in [1.165, 1.54) is 0 Å². The van der Waals surface area contributed by atoms with Crippen LogP contribution in [-0.4, -0.2) is 40.9 Å². The van der Waals surface area contributed by atoms with Crippen LogP contribution in [0.25, 0.3) is 0 Å². The number of hydrogen-bond donors (Lipinski definition) is 1. The minimum Gasteiger partial charge on any atom is -0.312 e. The van der Waals surface area contributed by atoms with Gasteiger partial charge in [0.15, 0.2) is 0 Å². The minimum absolute atomic E-state index is 0.559. The van der Waals surface area contributed by atoms with Gasteiger partial charge < -0.3 is 5.32 Å². The van der Waals surface area contributed by atoms with Crippen molar-refractivity contribution in [3.8, 4) is 0 Å². The monoisotopic (exact) mass is 196 g/mol. The Hall–Kier alpha value is -0.940. The smallest absolute Gasteiger partial charge is 0.122 e. The van der Waals surface area contributed by atoms with Gasteiger partial charge >= 0.3 is 0 Å². The molecule has 1 aromatic heterocycles. The van der Waals surface area contributed by atoms with Gasteiger partial charge in [0.1, 0.15) is 11.4 Å². The van der Waals surface area contributed by atoms with Crippen molar-refractivity contribution in [2.45, 2.75) is 26.4 Å². The van der Waals surface area contributed by atoms with Gasteiger partial charge in [0.2, 0.25) is 0 Å². The fraction of sp³-hybridized carbons (Fsp3) is 0.778. The molecule has 1 fully saturated rings. The molecule has 0 radical (unpaired) electrons. The molecule has 0 amide bonds. The Morgan fingerprint density at radius 2 is 2.43 bits per heavy atom. The molecule has 1 N–H and O–H groups in total. The van der Waals surface area contributed by atoms with Crippen LogP contribution in [0, 0.1) is 6.92 Å². The maximum absolute atomic E-state index is 4.67. The summed E-state index contributed by atoms with van der Waals surface area (Å²) in [4.78, 5) is 2.37. The first kappa shape index (κ1) is 9.61. The van der Waals surface area contributed by atoms with Crippen molar-refractivity contribution in [3.05, 3.63) is 11.4 Å². The molecule has 0 aromatic carbocycles. The van der Waals surface area contributed by atoms with Crippen LogP contribution in [0.4, 0.5) is 0 Å². The van der Waals surface area contributed by atoms with Crippen molar-refractivity contribution in [1.29, 1.82) is 0 Å². The zero-order valence-electron chi connectivity index (χ0n) is 8.66. The van der Waals surface area contributed by atoms with E-state index in [9.17, 15) is 0 Å². The van der Waals surface area contributed by atoms with Gasteiger partial charge in [0, 0.05) is 32.2 Å². The second-order valence-electron chi connectivity index (χ2n) is 3.89. The summed E-state index contributed by atoms with van der Waals surface area (Å²) in [5.41, 5.74) is 1.86. The van der Waals surface area contributed by atoms with Gasteiger partial charge in [-0.3, -0.25) is 4.90 Å². The molecule has 1 atom stereocenters. The number of aryl methyl sites for hydroxylation is 1. The van der Waals surface area contributed by atoms with Crippen molar-refractivity contribution in [1.82, 2.24) is 20.5 Å². The van der Waals surface area contributed by atoms with Crippen molar-refractivity contribution < 1.29 is 4.63 Å². The lowest BCUT2D eigenvalue weighted by Crippen LogP contribution is -2.48. The van der Waals surface area contributed by atoms with E-state index in [-0.39, 0.29) is 0 Å². The molecule has 14 heavy (non-hydrogen) atoms. The zero-order valence-corrected chi connectivity index (χ0v) is 8.66. The Morgan fingerprint density at radius 1 is 1.57 bits per heavy atom. The third-order valence-corrected chi connectivity index (χ3v) is 2.57. The van der Waals surface area contributed by atoms with Gasteiger partial charge in [-0.15, -0.1) is 0 Å². The number of rotatable bonds is 2. The summed E-state index contributed by atoms with van der Waals surface area (Å²) in [5.74, 6) is 0. The van der Waals surface area contributed by atoms with E-state index in [0.29, 0.717) is 6.04 Å². The molecule has 5 heteroatoms. The van der Waals surface area contributed by atoms with Crippen LogP contribution >= 0.6 is 0 Å². The average molecular weight is 196 g/mol. The quantitative estimate of drug-likeness (QED) is 0.731. The number of nitrogens with zero attached hydrogens (tertiary/aromatic N) is 3. The molecule has 0 bridgehead atoms. The predicted octanol–water partition coefficient (Wildman–Crippen LogP) is 0.172. The van der Waals surface area contributed by atoms with E-state index < -0.39 is 0 Å². The molecular weight excluding hydrogens is 180 g/mol.